The third-order valence-corrected chi connectivity index (χ3v) is 0.949. The first-order valence-corrected chi connectivity index (χ1v) is 3.21. The van der Waals surface area contributed by atoms with Crippen molar-refractivity contribution in [3.05, 3.63) is 48.9 Å². The van der Waals surface area contributed by atoms with Gasteiger partial charge in [0.2, 0.25) is 0 Å². The molecule has 12 heavy (non-hydrogen) atoms. The monoisotopic (exact) mass is 168 g/mol. The second-order valence-electron chi connectivity index (χ2n) is 1.74. The molecule has 1 aromatic carbocycles. The van der Waals surface area contributed by atoms with Gasteiger partial charge in [-0.05, 0) is 0 Å². The van der Waals surface area contributed by atoms with Crippen LogP contribution in [0.25, 0.3) is 0 Å². The van der Waals surface area contributed by atoms with Gasteiger partial charge >= 0.3 is 0 Å². The highest BCUT2D eigenvalue weighted by molar-refractivity contribution is 4.99. The van der Waals surface area contributed by atoms with Gasteiger partial charge in [-0.3, -0.25) is 4.70 Å². The summed E-state index contributed by atoms with van der Waals surface area (Å²) in [5, 5.41) is 6.40. The third kappa shape index (κ3) is 5.10. The Hall–Kier alpha value is -1.71. The van der Waals surface area contributed by atoms with Gasteiger partial charge < -0.3 is 4.52 Å². The van der Waals surface area contributed by atoms with Crippen molar-refractivity contribution in [2.24, 2.45) is 0 Å². The zero-order valence-electron chi connectivity index (χ0n) is 6.33. The first-order chi connectivity index (χ1) is 5.50. The standard InChI is InChI=1S/C6H6.C2H2N2O.FH/c1-2-4-6-5-3-1;1-2-5-4-3-1;/h1-6H;1-2H;1H. The lowest BCUT2D eigenvalue weighted by molar-refractivity contribution is 0.393. The smallest absolute Gasteiger partial charge is 0.144 e. The Morgan fingerprint density at radius 1 is 0.833 bits per heavy atom. The molecule has 0 saturated carbocycles. The second kappa shape index (κ2) is 7.40. The molecule has 0 atom stereocenters. The van der Waals surface area contributed by atoms with Gasteiger partial charge in [0.05, 0.1) is 6.20 Å². The summed E-state index contributed by atoms with van der Waals surface area (Å²) >= 11 is 0. The molecule has 0 radical (unpaired) electrons. The van der Waals surface area contributed by atoms with Crippen molar-refractivity contribution in [1.29, 1.82) is 0 Å². The molecule has 0 aliphatic rings. The van der Waals surface area contributed by atoms with E-state index < -0.39 is 0 Å². The van der Waals surface area contributed by atoms with Crippen molar-refractivity contribution in [2.75, 3.05) is 0 Å². The number of halogens is 1. The molecular weight excluding hydrogens is 159 g/mol. The molecule has 1 heterocycles. The molecule has 0 saturated heterocycles. The van der Waals surface area contributed by atoms with E-state index in [1.54, 1.807) is 0 Å². The van der Waals surface area contributed by atoms with Gasteiger partial charge in [0, 0.05) is 5.27 Å². The van der Waals surface area contributed by atoms with Crippen molar-refractivity contribution >= 4 is 0 Å². The first-order valence-electron chi connectivity index (χ1n) is 3.21. The highest BCUT2D eigenvalue weighted by Gasteiger charge is 1.61. The molecule has 0 unspecified atom stereocenters. The lowest BCUT2D eigenvalue weighted by atomic mass is 10.4. The number of hydrogen-bond acceptors (Lipinski definition) is 3. The fourth-order valence-electron chi connectivity index (χ4n) is 0.521. The molecular formula is C8H9FN2O. The van der Waals surface area contributed by atoms with E-state index in [0.717, 1.165) is 0 Å². The van der Waals surface area contributed by atoms with Crippen molar-refractivity contribution in [1.82, 2.24) is 10.4 Å². The topological polar surface area (TPSA) is 38.9 Å². The number of hydrogen-bond donors (Lipinski definition) is 0. The molecule has 0 amide bonds. The summed E-state index contributed by atoms with van der Waals surface area (Å²) in [7, 11) is 0. The van der Waals surface area contributed by atoms with Crippen LogP contribution in [0.1, 0.15) is 0 Å². The van der Waals surface area contributed by atoms with Crippen LogP contribution in [-0.4, -0.2) is 10.4 Å². The second-order valence-corrected chi connectivity index (χ2v) is 1.74. The Morgan fingerprint density at radius 2 is 1.33 bits per heavy atom. The zero-order chi connectivity index (χ0) is 7.78. The summed E-state index contributed by atoms with van der Waals surface area (Å²) in [6.07, 6.45) is 2.88. The molecule has 64 valence electrons. The normalized spacial score (nSPS) is 7.33. The molecule has 2 aromatic rings. The average molecular weight is 168 g/mol. The molecule has 4 heteroatoms. The molecule has 2 rings (SSSR count). The summed E-state index contributed by atoms with van der Waals surface area (Å²) in [6.45, 7) is 0. The maximum atomic E-state index is 4.22. The van der Waals surface area contributed by atoms with Crippen molar-refractivity contribution in [2.45, 2.75) is 0 Å². The van der Waals surface area contributed by atoms with E-state index in [0.29, 0.717) is 0 Å². The number of aromatic nitrogens is 2. The van der Waals surface area contributed by atoms with Crippen molar-refractivity contribution in [3.8, 4) is 0 Å². The van der Waals surface area contributed by atoms with Crippen LogP contribution in [0, 0.1) is 0 Å². The van der Waals surface area contributed by atoms with Crippen molar-refractivity contribution in [3.63, 3.8) is 0 Å². The molecule has 0 spiro atoms. The van der Waals surface area contributed by atoms with Crippen LogP contribution in [0.15, 0.2) is 53.4 Å². The van der Waals surface area contributed by atoms with Gasteiger partial charge in [-0.2, -0.15) is 0 Å². The SMILES string of the molecule is F.c1ccccc1.c1conn1. The lowest BCUT2D eigenvalue weighted by Crippen LogP contribution is -1.53. The van der Waals surface area contributed by atoms with E-state index in [9.17, 15) is 0 Å². The van der Waals surface area contributed by atoms with E-state index in [2.05, 4.69) is 14.9 Å². The average Bonchev–Trinajstić information content (AvgIpc) is 2.64. The van der Waals surface area contributed by atoms with E-state index in [1.165, 1.54) is 12.5 Å². The van der Waals surface area contributed by atoms with Crippen LogP contribution in [0.5, 0.6) is 0 Å². The van der Waals surface area contributed by atoms with E-state index in [1.807, 2.05) is 36.4 Å². The molecule has 0 bridgehead atoms. The Morgan fingerprint density at radius 3 is 1.50 bits per heavy atom. The highest BCUT2D eigenvalue weighted by Crippen LogP contribution is 1.79. The summed E-state index contributed by atoms with van der Waals surface area (Å²) in [5.41, 5.74) is 0. The fourth-order valence-corrected chi connectivity index (χ4v) is 0.521. The summed E-state index contributed by atoms with van der Waals surface area (Å²) in [5.74, 6) is 0. The van der Waals surface area contributed by atoms with Crippen LogP contribution in [0.3, 0.4) is 0 Å². The Labute approximate surface area is 69.4 Å². The summed E-state index contributed by atoms with van der Waals surface area (Å²) in [6, 6.07) is 12.0. The maximum absolute atomic E-state index is 4.22. The molecule has 0 N–H and O–H groups in total. The predicted molar refractivity (Wildman–Crippen MR) is 43.2 cm³/mol. The number of rotatable bonds is 0. The van der Waals surface area contributed by atoms with Crippen LogP contribution < -0.4 is 0 Å². The Balaban J connectivity index is 0.000000189. The van der Waals surface area contributed by atoms with Crippen LogP contribution in [0.2, 0.25) is 0 Å². The van der Waals surface area contributed by atoms with Crippen LogP contribution in [0.4, 0.5) is 4.70 Å². The minimum atomic E-state index is 0. The third-order valence-electron chi connectivity index (χ3n) is 0.949. The molecule has 0 fully saturated rings. The van der Waals surface area contributed by atoms with Gasteiger partial charge in [-0.1, -0.05) is 36.4 Å². The quantitative estimate of drug-likeness (QED) is 0.603. The number of benzene rings is 1. The van der Waals surface area contributed by atoms with Gasteiger partial charge in [0.25, 0.3) is 0 Å². The van der Waals surface area contributed by atoms with E-state index in [-0.39, 0.29) is 4.70 Å². The first kappa shape index (κ1) is 10.3. The minimum Gasteiger partial charge on any atom is -0.346 e. The number of nitrogens with zero attached hydrogens (tertiary/aromatic N) is 2. The van der Waals surface area contributed by atoms with Crippen LogP contribution in [-0.2, 0) is 0 Å². The van der Waals surface area contributed by atoms with E-state index >= 15 is 0 Å². The van der Waals surface area contributed by atoms with Crippen molar-refractivity contribution < 1.29 is 9.23 Å². The Bertz CT molecular complexity index is 203. The zero-order valence-corrected chi connectivity index (χ0v) is 6.33. The molecule has 0 aliphatic carbocycles. The van der Waals surface area contributed by atoms with Gasteiger partial charge in [-0.25, -0.2) is 0 Å². The van der Waals surface area contributed by atoms with Gasteiger partial charge in [0.1, 0.15) is 6.26 Å². The largest absolute Gasteiger partial charge is 0.346 e. The summed E-state index contributed by atoms with van der Waals surface area (Å²) in [4.78, 5) is 0. The lowest BCUT2D eigenvalue weighted by Gasteiger charge is -1.69. The van der Waals surface area contributed by atoms with Crippen LogP contribution >= 0.6 is 0 Å². The predicted octanol–water partition coefficient (Wildman–Crippen LogP) is 1.91. The van der Waals surface area contributed by atoms with Gasteiger partial charge in [0.15, 0.2) is 0 Å². The Kier molecular flexibility index (Phi) is 6.34. The molecule has 0 aliphatic heterocycles. The summed E-state index contributed by atoms with van der Waals surface area (Å²) < 4.78 is 4.22. The van der Waals surface area contributed by atoms with Gasteiger partial charge in [-0.15, -0.1) is 5.10 Å². The highest BCUT2D eigenvalue weighted by atomic mass is 19.0. The molecule has 1 aromatic heterocycles. The van der Waals surface area contributed by atoms with E-state index in [4.69, 9.17) is 0 Å². The fraction of sp³-hybridized carbons (Fsp3) is 0. The maximum Gasteiger partial charge on any atom is 0.144 e. The minimum absolute atomic E-state index is 0. The molecule has 3 nitrogen and oxygen atoms in total.